The maximum absolute atomic E-state index is 13.6. The van der Waals surface area contributed by atoms with Gasteiger partial charge in [-0.2, -0.15) is 0 Å². The molecule has 2 aliphatic heterocycles. The van der Waals surface area contributed by atoms with Crippen LogP contribution in [-0.2, 0) is 19.1 Å². The van der Waals surface area contributed by atoms with E-state index in [9.17, 15) is 19.2 Å². The first-order valence-corrected chi connectivity index (χ1v) is 13.7. The Bertz CT molecular complexity index is 893. The Balaban J connectivity index is 1.50. The normalized spacial score (nSPS) is 32.2. The van der Waals surface area contributed by atoms with Gasteiger partial charge in [0.15, 0.2) is 0 Å². The van der Waals surface area contributed by atoms with Crippen LogP contribution in [0.5, 0.6) is 0 Å². The number of nitrogens with one attached hydrogen (secondary N) is 3. The Morgan fingerprint density at radius 3 is 2.61 bits per heavy atom. The fraction of sp³-hybridized carbons (Fsp3) is 0.778. The molecule has 0 radical (unpaired) electrons. The minimum atomic E-state index is -0.936. The molecule has 2 saturated carbocycles. The molecule has 3 fully saturated rings. The van der Waals surface area contributed by atoms with Crippen molar-refractivity contribution in [3.8, 4) is 0 Å². The zero-order valence-electron chi connectivity index (χ0n) is 21.9. The molecule has 4 rings (SSSR count). The molecule has 4 atom stereocenters. The van der Waals surface area contributed by atoms with Gasteiger partial charge in [0.05, 0.1) is 0 Å². The smallest absolute Gasteiger partial charge is 0.408 e. The molecule has 0 aromatic carbocycles. The number of carbonyl (C=O) groups excluding carboxylic acids is 4. The van der Waals surface area contributed by atoms with E-state index in [1.807, 2.05) is 0 Å². The summed E-state index contributed by atoms with van der Waals surface area (Å²) < 4.78 is 5.40. The number of nitrogens with zero attached hydrogens (tertiary/aromatic N) is 1. The summed E-state index contributed by atoms with van der Waals surface area (Å²) >= 11 is 0. The summed E-state index contributed by atoms with van der Waals surface area (Å²) in [6.07, 6.45) is 11.7. The average molecular weight is 503 g/mol. The number of carbonyl (C=O) groups is 4. The lowest BCUT2D eigenvalue weighted by molar-refractivity contribution is -0.141. The van der Waals surface area contributed by atoms with E-state index in [0.717, 1.165) is 38.5 Å². The Morgan fingerprint density at radius 1 is 1.11 bits per heavy atom. The van der Waals surface area contributed by atoms with Gasteiger partial charge < -0.3 is 25.6 Å². The number of hydrogen-bond donors (Lipinski definition) is 3. The summed E-state index contributed by atoms with van der Waals surface area (Å²) in [6, 6.07) is -1.40. The van der Waals surface area contributed by atoms with Crippen molar-refractivity contribution in [3.05, 3.63) is 12.2 Å². The van der Waals surface area contributed by atoms with Gasteiger partial charge in [-0.1, -0.05) is 25.0 Å². The first-order valence-electron chi connectivity index (χ1n) is 13.7. The summed E-state index contributed by atoms with van der Waals surface area (Å²) in [4.78, 5) is 54.3. The molecule has 2 heterocycles. The highest BCUT2D eigenvalue weighted by Crippen LogP contribution is 2.45. The van der Waals surface area contributed by atoms with E-state index in [2.05, 4.69) is 28.1 Å². The molecule has 36 heavy (non-hydrogen) atoms. The molecule has 1 unspecified atom stereocenters. The average Bonchev–Trinajstić information content (AvgIpc) is 3.70. The van der Waals surface area contributed by atoms with Crippen LogP contribution in [0.2, 0.25) is 0 Å². The number of hydrogen-bond acceptors (Lipinski definition) is 5. The van der Waals surface area contributed by atoms with Crippen LogP contribution in [0.1, 0.15) is 85.0 Å². The number of allylic oxidation sites excluding steroid dienone is 1. The van der Waals surface area contributed by atoms with Crippen LogP contribution in [0.3, 0.4) is 0 Å². The predicted octanol–water partition coefficient (Wildman–Crippen LogP) is 2.79. The van der Waals surface area contributed by atoms with Gasteiger partial charge in [0.2, 0.25) is 17.7 Å². The minimum Gasteiger partial charge on any atom is -0.444 e. The van der Waals surface area contributed by atoms with Gasteiger partial charge in [0, 0.05) is 19.0 Å². The number of fused-ring (bicyclic) bond motifs is 2. The van der Waals surface area contributed by atoms with Crippen LogP contribution in [0, 0.1) is 11.8 Å². The lowest BCUT2D eigenvalue weighted by Crippen LogP contribution is -2.58. The molecule has 2 aliphatic carbocycles. The van der Waals surface area contributed by atoms with E-state index in [-0.39, 0.29) is 23.6 Å². The third kappa shape index (κ3) is 6.59. The maximum Gasteiger partial charge on any atom is 0.408 e. The summed E-state index contributed by atoms with van der Waals surface area (Å²) in [5.74, 6) is -0.149. The molecule has 0 spiro atoms. The van der Waals surface area contributed by atoms with Crippen molar-refractivity contribution in [2.45, 2.75) is 108 Å². The summed E-state index contributed by atoms with van der Waals surface area (Å²) in [7, 11) is 0. The van der Waals surface area contributed by atoms with Gasteiger partial charge in [0.1, 0.15) is 23.2 Å². The fourth-order valence-electron chi connectivity index (χ4n) is 5.26. The minimum absolute atomic E-state index is 0.0297. The Kier molecular flexibility index (Phi) is 7.95. The molecule has 0 aromatic rings. The van der Waals surface area contributed by atoms with E-state index in [1.165, 1.54) is 0 Å². The molecule has 9 heteroatoms. The van der Waals surface area contributed by atoms with Crippen molar-refractivity contribution in [3.63, 3.8) is 0 Å². The molecule has 9 nitrogen and oxygen atoms in total. The van der Waals surface area contributed by atoms with Gasteiger partial charge in [-0.05, 0) is 78.1 Å². The molecule has 3 N–H and O–H groups in total. The van der Waals surface area contributed by atoms with Gasteiger partial charge in [-0.25, -0.2) is 4.79 Å². The van der Waals surface area contributed by atoms with E-state index in [0.29, 0.717) is 44.7 Å². The number of alkyl carbamates (subject to hydrolysis) is 1. The lowest BCUT2D eigenvalue weighted by atomic mass is 10.0. The van der Waals surface area contributed by atoms with Crippen LogP contribution < -0.4 is 16.0 Å². The number of ether oxygens (including phenoxy) is 1. The third-order valence-electron chi connectivity index (χ3n) is 7.57. The predicted molar refractivity (Wildman–Crippen MR) is 135 cm³/mol. The van der Waals surface area contributed by atoms with Crippen LogP contribution in [0.25, 0.3) is 0 Å². The Hall–Kier alpha value is -2.58. The molecule has 4 amide bonds. The van der Waals surface area contributed by atoms with E-state index in [4.69, 9.17) is 4.74 Å². The van der Waals surface area contributed by atoms with Crippen LogP contribution >= 0.6 is 0 Å². The SMILES string of the molecule is CC(C)(C)OC(=O)N[C@H]1CCCCC/C=C\[C@H]2C[C@@]2(C(=O)NCC2CC2)NC(=O)C2CCCN2C1=O. The zero-order valence-corrected chi connectivity index (χ0v) is 21.9. The van der Waals surface area contributed by atoms with E-state index >= 15 is 0 Å². The van der Waals surface area contributed by atoms with Crippen molar-refractivity contribution >= 4 is 23.8 Å². The number of amides is 4. The van der Waals surface area contributed by atoms with Gasteiger partial charge in [-0.3, -0.25) is 14.4 Å². The molecule has 4 aliphatic rings. The Morgan fingerprint density at radius 2 is 1.89 bits per heavy atom. The van der Waals surface area contributed by atoms with Crippen LogP contribution in [-0.4, -0.2) is 65.0 Å². The monoisotopic (exact) mass is 502 g/mol. The molecular formula is C27H42N4O5. The van der Waals surface area contributed by atoms with Gasteiger partial charge >= 0.3 is 6.09 Å². The van der Waals surface area contributed by atoms with Gasteiger partial charge in [0.25, 0.3) is 0 Å². The zero-order chi connectivity index (χ0) is 25.9. The van der Waals surface area contributed by atoms with Crippen LogP contribution in [0.15, 0.2) is 12.2 Å². The van der Waals surface area contributed by atoms with Crippen LogP contribution in [0.4, 0.5) is 4.79 Å². The molecule has 200 valence electrons. The standard InChI is InChI=1S/C27H42N4O5/c1-26(2,3)36-25(35)29-20-11-8-6-4-5-7-10-19-16-27(19,24(34)28-17-18-13-14-18)30-22(32)21-12-9-15-31(21)23(20)33/h7,10,18-21H,4-6,8-9,11-17H2,1-3H3,(H,28,34)(H,29,35)(H,30,32)/b10-7-/t19-,20-,21?,27+/m0/s1. The summed E-state index contributed by atoms with van der Waals surface area (Å²) in [5, 5.41) is 8.86. The first kappa shape index (κ1) is 26.5. The molecule has 1 saturated heterocycles. The highest BCUT2D eigenvalue weighted by Gasteiger charge is 2.60. The summed E-state index contributed by atoms with van der Waals surface area (Å²) in [5.41, 5.74) is -1.61. The molecule has 0 bridgehead atoms. The lowest BCUT2D eigenvalue weighted by Gasteiger charge is -2.30. The van der Waals surface area contributed by atoms with Crippen molar-refractivity contribution in [2.75, 3.05) is 13.1 Å². The fourth-order valence-corrected chi connectivity index (χ4v) is 5.26. The van der Waals surface area contributed by atoms with E-state index in [1.54, 1.807) is 25.7 Å². The third-order valence-corrected chi connectivity index (χ3v) is 7.57. The second kappa shape index (κ2) is 10.8. The maximum atomic E-state index is 13.6. The quantitative estimate of drug-likeness (QED) is 0.511. The number of rotatable bonds is 4. The highest BCUT2D eigenvalue weighted by molar-refractivity contribution is 5.98. The first-order chi connectivity index (χ1) is 17.1. The van der Waals surface area contributed by atoms with Crippen molar-refractivity contribution < 1.29 is 23.9 Å². The molecular weight excluding hydrogens is 460 g/mol. The van der Waals surface area contributed by atoms with E-state index < -0.39 is 29.3 Å². The van der Waals surface area contributed by atoms with Crippen molar-refractivity contribution in [1.82, 2.24) is 20.9 Å². The molecule has 0 aromatic heterocycles. The highest BCUT2D eigenvalue weighted by atomic mass is 16.6. The largest absolute Gasteiger partial charge is 0.444 e. The second-order valence-electron chi connectivity index (χ2n) is 11.9. The van der Waals surface area contributed by atoms with Gasteiger partial charge in [-0.15, -0.1) is 0 Å². The van der Waals surface area contributed by atoms with Crippen molar-refractivity contribution in [2.24, 2.45) is 11.8 Å². The topological polar surface area (TPSA) is 117 Å². The summed E-state index contributed by atoms with van der Waals surface area (Å²) in [6.45, 7) is 6.44. The van der Waals surface area contributed by atoms with Crippen molar-refractivity contribution in [1.29, 1.82) is 0 Å². The Labute approximate surface area is 214 Å². The second-order valence-corrected chi connectivity index (χ2v) is 11.9.